The summed E-state index contributed by atoms with van der Waals surface area (Å²) in [6, 6.07) is 16.4. The normalized spacial score (nSPS) is 11.1. The van der Waals surface area contributed by atoms with Crippen LogP contribution in [0, 0.1) is 0 Å². The van der Waals surface area contributed by atoms with E-state index in [9.17, 15) is 4.79 Å². The molecule has 0 spiro atoms. The van der Waals surface area contributed by atoms with E-state index in [0.29, 0.717) is 24.4 Å². The molecule has 0 aliphatic rings. The number of nitrogens with zero attached hydrogens (tertiary/aromatic N) is 5. The van der Waals surface area contributed by atoms with Crippen LogP contribution < -0.4 is 0 Å². The molecule has 2 heterocycles. The maximum Gasteiger partial charge on any atom is 0.341 e. The molecule has 0 aliphatic heterocycles. The van der Waals surface area contributed by atoms with E-state index in [4.69, 9.17) is 9.84 Å². The Hall–Kier alpha value is -3.81. The minimum absolute atomic E-state index is 0.278. The molecule has 4 aromatic rings. The highest BCUT2D eigenvalue weighted by Gasteiger charge is 2.24. The Balaban J connectivity index is 1.67. The lowest BCUT2D eigenvalue weighted by Gasteiger charge is -2.11. The highest BCUT2D eigenvalue weighted by molar-refractivity contribution is 5.92. The average Bonchev–Trinajstić information content (AvgIpc) is 3.52. The molecule has 0 unspecified atom stereocenters. The van der Waals surface area contributed by atoms with Crippen LogP contribution in [0.25, 0.3) is 22.5 Å². The smallest absolute Gasteiger partial charge is 0.341 e. The van der Waals surface area contributed by atoms with Gasteiger partial charge in [0.25, 0.3) is 0 Å². The molecule has 8 heteroatoms. The SMILES string of the molecule is CCCCn1nc(CCC)c(C(=O)OCC)c1Cc1ccc(-c2ccccc2-c2nn[nH]n2)cc1. The summed E-state index contributed by atoms with van der Waals surface area (Å²) in [5, 5.41) is 19.3. The van der Waals surface area contributed by atoms with Gasteiger partial charge in [-0.1, -0.05) is 75.2 Å². The molecular formula is C27H32N6O2. The molecule has 0 fully saturated rings. The molecule has 1 N–H and O–H groups in total. The molecule has 0 atom stereocenters. The van der Waals surface area contributed by atoms with Crippen molar-refractivity contribution in [2.24, 2.45) is 0 Å². The molecule has 182 valence electrons. The molecule has 0 aliphatic carbocycles. The zero-order valence-corrected chi connectivity index (χ0v) is 20.6. The van der Waals surface area contributed by atoms with Gasteiger partial charge in [0, 0.05) is 18.5 Å². The number of esters is 1. The minimum atomic E-state index is -0.278. The van der Waals surface area contributed by atoms with Crippen LogP contribution >= 0.6 is 0 Å². The molecule has 4 rings (SSSR count). The van der Waals surface area contributed by atoms with Crippen LogP contribution in [0.2, 0.25) is 0 Å². The first-order valence-electron chi connectivity index (χ1n) is 12.3. The van der Waals surface area contributed by atoms with Gasteiger partial charge in [-0.25, -0.2) is 4.79 Å². The van der Waals surface area contributed by atoms with Crippen LogP contribution in [0.5, 0.6) is 0 Å². The Morgan fingerprint density at radius 1 is 1.00 bits per heavy atom. The second-order valence-corrected chi connectivity index (χ2v) is 8.47. The lowest BCUT2D eigenvalue weighted by molar-refractivity contribution is 0.0523. The van der Waals surface area contributed by atoms with Gasteiger partial charge >= 0.3 is 5.97 Å². The van der Waals surface area contributed by atoms with Crippen molar-refractivity contribution in [2.75, 3.05) is 6.61 Å². The molecule has 0 amide bonds. The van der Waals surface area contributed by atoms with Crippen molar-refractivity contribution in [1.29, 1.82) is 0 Å². The monoisotopic (exact) mass is 472 g/mol. The maximum atomic E-state index is 12.9. The van der Waals surface area contributed by atoms with Crippen molar-refractivity contribution >= 4 is 5.97 Å². The first-order valence-corrected chi connectivity index (χ1v) is 12.3. The maximum absolute atomic E-state index is 12.9. The fraction of sp³-hybridized carbons (Fsp3) is 0.370. The number of benzene rings is 2. The van der Waals surface area contributed by atoms with E-state index in [1.54, 1.807) is 0 Å². The van der Waals surface area contributed by atoms with Crippen LogP contribution in [0.4, 0.5) is 0 Å². The number of rotatable bonds is 11. The number of carbonyl (C=O) groups is 1. The van der Waals surface area contributed by atoms with Gasteiger partial charge in [0.2, 0.25) is 5.82 Å². The molecule has 35 heavy (non-hydrogen) atoms. The predicted molar refractivity (Wildman–Crippen MR) is 135 cm³/mol. The van der Waals surface area contributed by atoms with Gasteiger partial charge in [-0.05, 0) is 41.7 Å². The zero-order valence-electron chi connectivity index (χ0n) is 20.6. The van der Waals surface area contributed by atoms with E-state index >= 15 is 0 Å². The quantitative estimate of drug-likeness (QED) is 0.299. The predicted octanol–water partition coefficient (Wildman–Crippen LogP) is 5.25. The third-order valence-corrected chi connectivity index (χ3v) is 5.97. The van der Waals surface area contributed by atoms with Gasteiger partial charge in [-0.2, -0.15) is 10.3 Å². The van der Waals surface area contributed by atoms with E-state index < -0.39 is 0 Å². The summed E-state index contributed by atoms with van der Waals surface area (Å²) in [4.78, 5) is 12.9. The summed E-state index contributed by atoms with van der Waals surface area (Å²) >= 11 is 0. The lowest BCUT2D eigenvalue weighted by Crippen LogP contribution is -2.12. The second-order valence-electron chi connectivity index (χ2n) is 8.47. The van der Waals surface area contributed by atoms with Crippen LogP contribution in [0.1, 0.15) is 67.3 Å². The van der Waals surface area contributed by atoms with Gasteiger partial charge in [-0.15, -0.1) is 10.2 Å². The Labute approximate surface area is 205 Å². The van der Waals surface area contributed by atoms with Crippen molar-refractivity contribution in [1.82, 2.24) is 30.4 Å². The molecular weight excluding hydrogens is 440 g/mol. The van der Waals surface area contributed by atoms with Gasteiger partial charge in [0.1, 0.15) is 5.56 Å². The fourth-order valence-electron chi connectivity index (χ4n) is 4.28. The second kappa shape index (κ2) is 11.6. The third-order valence-electron chi connectivity index (χ3n) is 5.97. The first kappa shape index (κ1) is 24.3. The van der Waals surface area contributed by atoms with E-state index in [1.807, 2.05) is 29.8 Å². The summed E-state index contributed by atoms with van der Waals surface area (Å²) in [5.74, 6) is 0.284. The Kier molecular flexibility index (Phi) is 8.03. The summed E-state index contributed by atoms with van der Waals surface area (Å²) in [6.45, 7) is 7.23. The van der Waals surface area contributed by atoms with Crippen LogP contribution in [-0.2, 0) is 24.1 Å². The van der Waals surface area contributed by atoms with Crippen molar-refractivity contribution in [3.8, 4) is 22.5 Å². The molecule has 2 aromatic heterocycles. The average molecular weight is 473 g/mol. The van der Waals surface area contributed by atoms with E-state index in [-0.39, 0.29) is 5.97 Å². The number of H-pyrrole nitrogens is 1. The summed E-state index contributed by atoms with van der Waals surface area (Å²) in [7, 11) is 0. The molecule has 2 aromatic carbocycles. The Morgan fingerprint density at radius 2 is 1.77 bits per heavy atom. The minimum Gasteiger partial charge on any atom is -0.462 e. The topological polar surface area (TPSA) is 98.6 Å². The standard InChI is InChI=1S/C27H32N6O2/c1-4-7-17-33-24(25(27(34)35-6-3)23(30-33)10-5-2)18-19-13-15-20(16-14-19)21-11-8-9-12-22(21)26-28-31-32-29-26/h8-9,11-16H,4-7,10,17-18H2,1-3H3,(H,28,29,31,32). The Morgan fingerprint density at radius 3 is 2.43 bits per heavy atom. The van der Waals surface area contributed by atoms with Crippen molar-refractivity contribution in [2.45, 2.75) is 59.4 Å². The van der Waals surface area contributed by atoms with E-state index in [2.05, 4.69) is 64.8 Å². The van der Waals surface area contributed by atoms with Crippen molar-refractivity contribution < 1.29 is 9.53 Å². The fourth-order valence-corrected chi connectivity index (χ4v) is 4.28. The zero-order chi connectivity index (χ0) is 24.6. The van der Waals surface area contributed by atoms with Crippen LogP contribution in [0.3, 0.4) is 0 Å². The van der Waals surface area contributed by atoms with Crippen LogP contribution in [-0.4, -0.2) is 43.0 Å². The number of aromatic nitrogens is 6. The molecule has 0 radical (unpaired) electrons. The van der Waals surface area contributed by atoms with Gasteiger partial charge in [0.05, 0.1) is 18.0 Å². The molecule has 8 nitrogen and oxygen atoms in total. The number of carbonyl (C=O) groups excluding carboxylic acids is 1. The number of unbranched alkanes of at least 4 members (excludes halogenated alkanes) is 1. The van der Waals surface area contributed by atoms with Gasteiger partial charge in [0.15, 0.2) is 0 Å². The highest BCUT2D eigenvalue weighted by atomic mass is 16.5. The number of ether oxygens (including phenoxy) is 1. The highest BCUT2D eigenvalue weighted by Crippen LogP contribution is 2.30. The van der Waals surface area contributed by atoms with Gasteiger partial charge < -0.3 is 4.74 Å². The number of hydrogen-bond acceptors (Lipinski definition) is 6. The van der Waals surface area contributed by atoms with E-state index in [1.165, 1.54) is 0 Å². The lowest BCUT2D eigenvalue weighted by atomic mass is 9.96. The number of aryl methyl sites for hydroxylation is 2. The largest absolute Gasteiger partial charge is 0.462 e. The third kappa shape index (κ3) is 5.48. The number of nitrogens with one attached hydrogen (secondary N) is 1. The summed E-state index contributed by atoms with van der Waals surface area (Å²) < 4.78 is 7.44. The molecule has 0 bridgehead atoms. The van der Waals surface area contributed by atoms with Crippen LogP contribution in [0.15, 0.2) is 48.5 Å². The number of aromatic amines is 1. The number of tetrazole rings is 1. The number of hydrogen-bond donors (Lipinski definition) is 1. The summed E-state index contributed by atoms with van der Waals surface area (Å²) in [6.07, 6.45) is 4.36. The molecule has 0 saturated heterocycles. The van der Waals surface area contributed by atoms with E-state index in [0.717, 1.165) is 65.9 Å². The van der Waals surface area contributed by atoms with Crippen molar-refractivity contribution in [3.63, 3.8) is 0 Å². The van der Waals surface area contributed by atoms with Gasteiger partial charge in [-0.3, -0.25) is 4.68 Å². The van der Waals surface area contributed by atoms with Crippen molar-refractivity contribution in [3.05, 3.63) is 71.0 Å². The molecule has 0 saturated carbocycles. The summed E-state index contributed by atoms with van der Waals surface area (Å²) in [5.41, 5.74) is 6.52. The Bertz CT molecular complexity index is 1250. The first-order chi connectivity index (χ1) is 17.2.